The lowest BCUT2D eigenvalue weighted by molar-refractivity contribution is -0.132. The average molecular weight is 180 g/mol. The van der Waals surface area contributed by atoms with Crippen molar-refractivity contribution in [1.29, 1.82) is 0 Å². The summed E-state index contributed by atoms with van der Waals surface area (Å²) in [4.78, 5) is 11.6. The quantitative estimate of drug-likeness (QED) is 0.559. The Morgan fingerprint density at radius 1 is 1.31 bits per heavy atom. The maximum absolute atomic E-state index is 11.6. The van der Waals surface area contributed by atoms with Crippen molar-refractivity contribution < 1.29 is 4.79 Å². The van der Waals surface area contributed by atoms with E-state index in [1.54, 1.807) is 0 Å². The van der Waals surface area contributed by atoms with Crippen molar-refractivity contribution in [3.05, 3.63) is 0 Å². The van der Waals surface area contributed by atoms with E-state index >= 15 is 0 Å². The molecular formula is C12H20O. The number of ketones is 1. The van der Waals surface area contributed by atoms with E-state index in [0.29, 0.717) is 23.0 Å². The van der Waals surface area contributed by atoms with Crippen LogP contribution in [-0.2, 0) is 4.79 Å². The van der Waals surface area contributed by atoms with Crippen LogP contribution in [0.4, 0.5) is 0 Å². The van der Waals surface area contributed by atoms with Gasteiger partial charge in [0.2, 0.25) is 0 Å². The molecule has 0 N–H and O–H groups in total. The van der Waals surface area contributed by atoms with Gasteiger partial charge in [-0.3, -0.25) is 4.79 Å². The molecule has 0 saturated heterocycles. The number of hydrogen-bond acceptors (Lipinski definition) is 1. The highest BCUT2D eigenvalue weighted by molar-refractivity contribution is 5.82. The Morgan fingerprint density at radius 2 is 2.08 bits per heavy atom. The summed E-state index contributed by atoms with van der Waals surface area (Å²) in [6, 6.07) is 0. The number of hydrogen-bond donors (Lipinski definition) is 0. The fourth-order valence-electron chi connectivity index (χ4n) is 3.45. The van der Waals surface area contributed by atoms with Gasteiger partial charge >= 0.3 is 0 Å². The van der Waals surface area contributed by atoms with Gasteiger partial charge in [-0.2, -0.15) is 0 Å². The predicted octanol–water partition coefficient (Wildman–Crippen LogP) is 3.18. The van der Waals surface area contributed by atoms with Gasteiger partial charge in [0, 0.05) is 12.3 Å². The van der Waals surface area contributed by atoms with Crippen molar-refractivity contribution in [2.45, 2.75) is 52.4 Å². The van der Waals surface area contributed by atoms with Gasteiger partial charge in [-0.1, -0.05) is 26.7 Å². The first-order chi connectivity index (χ1) is 6.13. The van der Waals surface area contributed by atoms with Gasteiger partial charge in [-0.15, -0.1) is 0 Å². The van der Waals surface area contributed by atoms with Gasteiger partial charge in [0.15, 0.2) is 0 Å². The van der Waals surface area contributed by atoms with Crippen LogP contribution >= 0.6 is 0 Å². The lowest BCUT2D eigenvalue weighted by Crippen LogP contribution is -2.42. The highest BCUT2D eigenvalue weighted by Gasteiger charge is 2.44. The van der Waals surface area contributed by atoms with Crippen molar-refractivity contribution in [2.24, 2.45) is 17.3 Å². The van der Waals surface area contributed by atoms with Gasteiger partial charge in [0.05, 0.1) is 0 Å². The van der Waals surface area contributed by atoms with Crippen LogP contribution in [0.2, 0.25) is 0 Å². The predicted molar refractivity (Wildman–Crippen MR) is 53.5 cm³/mol. The fourth-order valence-corrected chi connectivity index (χ4v) is 3.45. The second kappa shape index (κ2) is 3.11. The van der Waals surface area contributed by atoms with Crippen LogP contribution in [0, 0.1) is 17.3 Å². The van der Waals surface area contributed by atoms with Crippen LogP contribution in [0.3, 0.4) is 0 Å². The molecule has 13 heavy (non-hydrogen) atoms. The molecule has 2 aliphatic rings. The minimum atomic E-state index is 0.346. The molecular weight excluding hydrogens is 160 g/mol. The summed E-state index contributed by atoms with van der Waals surface area (Å²) in [5, 5.41) is 0. The minimum Gasteiger partial charge on any atom is -0.299 e. The Morgan fingerprint density at radius 3 is 2.85 bits per heavy atom. The number of carbonyl (C=O) groups excluding carboxylic acids is 1. The van der Waals surface area contributed by atoms with Crippen molar-refractivity contribution >= 4 is 5.78 Å². The van der Waals surface area contributed by atoms with E-state index in [1.807, 2.05) is 0 Å². The number of Topliss-reactive ketones (excluding diaryl/α,β-unsaturated/α-hetero) is 1. The van der Waals surface area contributed by atoms with Crippen molar-refractivity contribution in [2.75, 3.05) is 0 Å². The van der Waals surface area contributed by atoms with E-state index < -0.39 is 0 Å². The Labute approximate surface area is 80.9 Å². The van der Waals surface area contributed by atoms with Crippen LogP contribution in [0.1, 0.15) is 52.4 Å². The molecule has 0 radical (unpaired) electrons. The van der Waals surface area contributed by atoms with Crippen molar-refractivity contribution in [1.82, 2.24) is 0 Å². The van der Waals surface area contributed by atoms with Crippen LogP contribution in [0.15, 0.2) is 0 Å². The van der Waals surface area contributed by atoms with Gasteiger partial charge in [0.25, 0.3) is 0 Å². The third-order valence-corrected chi connectivity index (χ3v) is 4.46. The Kier molecular flexibility index (Phi) is 2.21. The Hall–Kier alpha value is -0.330. The molecule has 2 fully saturated rings. The molecule has 1 nitrogen and oxygen atoms in total. The second-order valence-corrected chi connectivity index (χ2v) is 5.26. The third kappa shape index (κ3) is 1.43. The van der Waals surface area contributed by atoms with E-state index in [0.717, 1.165) is 12.8 Å². The summed E-state index contributed by atoms with van der Waals surface area (Å²) in [5.41, 5.74) is 0.506. The standard InChI is InChI=1S/C12H20O/c1-9-10-5-3-4-7-12(10,2)8-6-11(9)13/h9-10H,3-8H2,1-2H3. The monoisotopic (exact) mass is 180 g/mol. The molecule has 0 heterocycles. The van der Waals surface area contributed by atoms with Crippen LogP contribution < -0.4 is 0 Å². The third-order valence-electron chi connectivity index (χ3n) is 4.46. The first kappa shape index (κ1) is 9.23. The molecule has 2 saturated carbocycles. The molecule has 0 spiro atoms. The number of carbonyl (C=O) groups is 1. The lowest BCUT2D eigenvalue weighted by Gasteiger charge is -2.47. The minimum absolute atomic E-state index is 0.346. The van der Waals surface area contributed by atoms with E-state index in [2.05, 4.69) is 13.8 Å². The zero-order valence-electron chi connectivity index (χ0n) is 8.81. The number of fused-ring (bicyclic) bond motifs is 1. The molecule has 74 valence electrons. The molecule has 2 aliphatic carbocycles. The second-order valence-electron chi connectivity index (χ2n) is 5.26. The average Bonchev–Trinajstić information content (AvgIpc) is 2.12. The highest BCUT2D eigenvalue weighted by Crippen LogP contribution is 2.51. The largest absolute Gasteiger partial charge is 0.299 e. The summed E-state index contributed by atoms with van der Waals surface area (Å²) >= 11 is 0. The van der Waals surface area contributed by atoms with E-state index in [4.69, 9.17) is 0 Å². The van der Waals surface area contributed by atoms with Crippen LogP contribution in [-0.4, -0.2) is 5.78 Å². The van der Waals surface area contributed by atoms with Gasteiger partial charge in [0.1, 0.15) is 5.78 Å². The van der Waals surface area contributed by atoms with Crippen LogP contribution in [0.5, 0.6) is 0 Å². The fraction of sp³-hybridized carbons (Fsp3) is 0.917. The molecule has 1 heteroatoms. The summed E-state index contributed by atoms with van der Waals surface area (Å²) in [7, 11) is 0. The molecule has 0 aromatic carbocycles. The number of rotatable bonds is 0. The van der Waals surface area contributed by atoms with E-state index in [-0.39, 0.29) is 0 Å². The summed E-state index contributed by atoms with van der Waals surface area (Å²) in [6.07, 6.45) is 7.37. The lowest BCUT2D eigenvalue weighted by atomic mass is 9.57. The maximum atomic E-state index is 11.6. The summed E-state index contributed by atoms with van der Waals surface area (Å²) < 4.78 is 0. The molecule has 3 atom stereocenters. The maximum Gasteiger partial charge on any atom is 0.136 e. The normalized spacial score (nSPS) is 45.8. The zero-order chi connectivity index (χ0) is 9.47. The van der Waals surface area contributed by atoms with Crippen molar-refractivity contribution in [3.8, 4) is 0 Å². The Bertz CT molecular complexity index is 221. The smallest absolute Gasteiger partial charge is 0.136 e. The molecule has 2 rings (SSSR count). The van der Waals surface area contributed by atoms with Crippen LogP contribution in [0.25, 0.3) is 0 Å². The molecule has 0 aromatic heterocycles. The van der Waals surface area contributed by atoms with Gasteiger partial charge in [-0.25, -0.2) is 0 Å². The van der Waals surface area contributed by atoms with Gasteiger partial charge in [-0.05, 0) is 30.6 Å². The van der Waals surface area contributed by atoms with Gasteiger partial charge < -0.3 is 0 Å². The summed E-state index contributed by atoms with van der Waals surface area (Å²) in [6.45, 7) is 4.55. The zero-order valence-corrected chi connectivity index (χ0v) is 8.81. The molecule has 0 bridgehead atoms. The van der Waals surface area contributed by atoms with E-state index in [1.165, 1.54) is 25.7 Å². The molecule has 3 unspecified atom stereocenters. The molecule has 0 aliphatic heterocycles. The topological polar surface area (TPSA) is 17.1 Å². The molecule has 0 amide bonds. The van der Waals surface area contributed by atoms with Crippen molar-refractivity contribution in [3.63, 3.8) is 0 Å². The SMILES string of the molecule is CC1C(=O)CCC2(C)CCCCC12. The first-order valence-electron chi connectivity index (χ1n) is 5.66. The molecule has 0 aromatic rings. The first-order valence-corrected chi connectivity index (χ1v) is 5.66. The Balaban J connectivity index is 2.19. The highest BCUT2D eigenvalue weighted by atomic mass is 16.1. The van der Waals surface area contributed by atoms with E-state index in [9.17, 15) is 4.79 Å². The summed E-state index contributed by atoms with van der Waals surface area (Å²) in [5.74, 6) is 1.56.